The Bertz CT molecular complexity index is 828. The smallest absolute Gasteiger partial charge is 0.269 e. The van der Waals surface area contributed by atoms with E-state index in [2.05, 4.69) is 15.3 Å². The summed E-state index contributed by atoms with van der Waals surface area (Å²) in [5, 5.41) is 4.30. The number of amides is 1. The zero-order valence-electron chi connectivity index (χ0n) is 12.4. The molecular weight excluding hydrogens is 332 g/mol. The SMILES string of the molecule is Cc1nc(-n2cccc2)sc1C(=O)Nc1nc2c(s1)COCC2. The largest absolute Gasteiger partial charge is 0.375 e. The van der Waals surface area contributed by atoms with E-state index in [0.29, 0.717) is 23.2 Å². The van der Waals surface area contributed by atoms with Crippen LogP contribution in [0.1, 0.15) is 25.9 Å². The molecule has 0 radical (unpaired) electrons. The standard InChI is InChI=1S/C15H14N4O2S2/c1-9-12(23-15(16-9)19-5-2-3-6-19)13(20)18-14-17-10-4-7-21-8-11(10)22-14/h2-3,5-6H,4,7-8H2,1H3,(H,17,18,20). The first-order chi connectivity index (χ1) is 11.2. The highest BCUT2D eigenvalue weighted by Crippen LogP contribution is 2.28. The predicted molar refractivity (Wildman–Crippen MR) is 89.6 cm³/mol. The third kappa shape index (κ3) is 2.80. The van der Waals surface area contributed by atoms with Crippen LogP contribution in [0.2, 0.25) is 0 Å². The topological polar surface area (TPSA) is 69.0 Å². The molecule has 23 heavy (non-hydrogen) atoms. The molecule has 4 rings (SSSR count). The van der Waals surface area contributed by atoms with Gasteiger partial charge in [-0.1, -0.05) is 22.7 Å². The number of aromatic nitrogens is 3. The summed E-state index contributed by atoms with van der Waals surface area (Å²) in [5.74, 6) is -0.162. The Balaban J connectivity index is 1.56. The summed E-state index contributed by atoms with van der Waals surface area (Å²) in [6.45, 7) is 3.12. The maximum absolute atomic E-state index is 12.5. The number of ether oxygens (including phenoxy) is 1. The van der Waals surface area contributed by atoms with Crippen molar-refractivity contribution in [3.63, 3.8) is 0 Å². The number of carbonyl (C=O) groups excluding carboxylic acids is 1. The Labute approximate surface area is 140 Å². The molecule has 3 aromatic heterocycles. The van der Waals surface area contributed by atoms with Gasteiger partial charge in [-0.2, -0.15) is 0 Å². The Morgan fingerprint density at radius 3 is 2.91 bits per heavy atom. The van der Waals surface area contributed by atoms with Gasteiger partial charge in [0.15, 0.2) is 10.3 Å². The highest BCUT2D eigenvalue weighted by molar-refractivity contribution is 7.17. The number of fused-ring (bicyclic) bond motifs is 1. The molecule has 0 fully saturated rings. The van der Waals surface area contributed by atoms with Gasteiger partial charge in [0.1, 0.15) is 4.88 Å². The third-order valence-electron chi connectivity index (χ3n) is 3.53. The van der Waals surface area contributed by atoms with Crippen LogP contribution in [0.25, 0.3) is 5.13 Å². The molecule has 0 aromatic carbocycles. The molecule has 6 nitrogen and oxygen atoms in total. The van der Waals surface area contributed by atoms with Crippen molar-refractivity contribution in [2.75, 3.05) is 11.9 Å². The van der Waals surface area contributed by atoms with Crippen molar-refractivity contribution in [3.8, 4) is 5.13 Å². The fourth-order valence-electron chi connectivity index (χ4n) is 2.40. The zero-order chi connectivity index (χ0) is 15.8. The lowest BCUT2D eigenvalue weighted by Gasteiger charge is -2.08. The van der Waals surface area contributed by atoms with E-state index in [1.807, 2.05) is 36.0 Å². The first-order valence-corrected chi connectivity index (χ1v) is 8.82. The molecule has 1 aliphatic heterocycles. The van der Waals surface area contributed by atoms with Crippen molar-refractivity contribution in [1.29, 1.82) is 0 Å². The van der Waals surface area contributed by atoms with Crippen molar-refractivity contribution < 1.29 is 9.53 Å². The molecular formula is C15H14N4O2S2. The van der Waals surface area contributed by atoms with Crippen LogP contribution in [0, 0.1) is 6.92 Å². The Morgan fingerprint density at radius 2 is 2.13 bits per heavy atom. The minimum atomic E-state index is -0.162. The summed E-state index contributed by atoms with van der Waals surface area (Å²) in [5.41, 5.74) is 1.76. The molecule has 8 heteroatoms. The summed E-state index contributed by atoms with van der Waals surface area (Å²) < 4.78 is 7.31. The van der Waals surface area contributed by atoms with Gasteiger partial charge < -0.3 is 9.30 Å². The van der Waals surface area contributed by atoms with E-state index in [9.17, 15) is 4.79 Å². The second-order valence-electron chi connectivity index (χ2n) is 5.15. The number of hydrogen-bond acceptors (Lipinski definition) is 6. The summed E-state index contributed by atoms with van der Waals surface area (Å²) in [4.78, 5) is 23.2. The molecule has 1 amide bonds. The van der Waals surface area contributed by atoms with E-state index in [-0.39, 0.29) is 5.91 Å². The molecule has 0 bridgehead atoms. The minimum absolute atomic E-state index is 0.162. The molecule has 1 N–H and O–H groups in total. The number of aryl methyl sites for hydroxylation is 1. The molecule has 4 heterocycles. The molecule has 0 unspecified atom stereocenters. The lowest BCUT2D eigenvalue weighted by molar-refractivity contribution is 0.103. The molecule has 0 spiro atoms. The normalized spacial score (nSPS) is 13.8. The minimum Gasteiger partial charge on any atom is -0.375 e. The molecule has 0 saturated carbocycles. The fraction of sp³-hybridized carbons (Fsp3) is 0.267. The van der Waals surface area contributed by atoms with Crippen LogP contribution in [0.4, 0.5) is 5.13 Å². The van der Waals surface area contributed by atoms with E-state index in [4.69, 9.17) is 4.74 Å². The quantitative estimate of drug-likeness (QED) is 0.791. The molecule has 1 aliphatic rings. The van der Waals surface area contributed by atoms with Crippen molar-refractivity contribution in [2.45, 2.75) is 20.0 Å². The molecule has 0 aliphatic carbocycles. The van der Waals surface area contributed by atoms with Gasteiger partial charge in [0.05, 0.1) is 29.5 Å². The van der Waals surface area contributed by atoms with Gasteiger partial charge in [0, 0.05) is 18.8 Å². The Hall–Kier alpha value is -2.03. The lowest BCUT2D eigenvalue weighted by atomic mass is 10.2. The van der Waals surface area contributed by atoms with Crippen LogP contribution in [-0.2, 0) is 17.8 Å². The molecule has 0 atom stereocenters. The summed E-state index contributed by atoms with van der Waals surface area (Å²) in [6, 6.07) is 3.86. The number of hydrogen-bond donors (Lipinski definition) is 1. The number of nitrogens with zero attached hydrogens (tertiary/aromatic N) is 3. The summed E-state index contributed by atoms with van der Waals surface area (Å²) in [6.07, 6.45) is 4.63. The van der Waals surface area contributed by atoms with Gasteiger partial charge in [-0.25, -0.2) is 9.97 Å². The predicted octanol–water partition coefficient (Wildman–Crippen LogP) is 3.02. The van der Waals surface area contributed by atoms with Gasteiger partial charge >= 0.3 is 0 Å². The van der Waals surface area contributed by atoms with E-state index in [0.717, 1.165) is 27.8 Å². The molecule has 3 aromatic rings. The molecule has 118 valence electrons. The van der Waals surface area contributed by atoms with Gasteiger partial charge in [0.25, 0.3) is 5.91 Å². The van der Waals surface area contributed by atoms with E-state index in [1.165, 1.54) is 22.7 Å². The monoisotopic (exact) mass is 346 g/mol. The highest BCUT2D eigenvalue weighted by atomic mass is 32.1. The van der Waals surface area contributed by atoms with Gasteiger partial charge in [0.2, 0.25) is 0 Å². The van der Waals surface area contributed by atoms with Gasteiger partial charge in [-0.05, 0) is 19.1 Å². The number of anilines is 1. The van der Waals surface area contributed by atoms with Crippen LogP contribution >= 0.6 is 22.7 Å². The fourth-order valence-corrected chi connectivity index (χ4v) is 4.27. The van der Waals surface area contributed by atoms with E-state index < -0.39 is 0 Å². The second kappa shape index (κ2) is 5.88. The van der Waals surface area contributed by atoms with Crippen LogP contribution < -0.4 is 5.32 Å². The number of rotatable bonds is 3. The zero-order valence-corrected chi connectivity index (χ0v) is 14.0. The number of thiazole rings is 2. The average molecular weight is 346 g/mol. The summed E-state index contributed by atoms with van der Waals surface area (Å²) >= 11 is 2.85. The first kappa shape index (κ1) is 14.6. The lowest BCUT2D eigenvalue weighted by Crippen LogP contribution is -2.11. The van der Waals surface area contributed by atoms with Crippen LogP contribution in [0.5, 0.6) is 0 Å². The highest BCUT2D eigenvalue weighted by Gasteiger charge is 2.20. The maximum atomic E-state index is 12.5. The van der Waals surface area contributed by atoms with Crippen LogP contribution in [0.3, 0.4) is 0 Å². The Morgan fingerprint density at radius 1 is 1.30 bits per heavy atom. The van der Waals surface area contributed by atoms with Gasteiger partial charge in [-0.3, -0.25) is 10.1 Å². The van der Waals surface area contributed by atoms with Crippen molar-refractivity contribution in [1.82, 2.24) is 14.5 Å². The molecule has 0 saturated heterocycles. The summed E-state index contributed by atoms with van der Waals surface area (Å²) in [7, 11) is 0. The van der Waals surface area contributed by atoms with Crippen LogP contribution in [-0.4, -0.2) is 27.0 Å². The number of nitrogens with one attached hydrogen (secondary N) is 1. The van der Waals surface area contributed by atoms with Gasteiger partial charge in [-0.15, -0.1) is 0 Å². The first-order valence-electron chi connectivity index (χ1n) is 7.19. The van der Waals surface area contributed by atoms with E-state index in [1.54, 1.807) is 0 Å². The van der Waals surface area contributed by atoms with Crippen molar-refractivity contribution in [2.24, 2.45) is 0 Å². The van der Waals surface area contributed by atoms with E-state index >= 15 is 0 Å². The van der Waals surface area contributed by atoms with Crippen LogP contribution in [0.15, 0.2) is 24.5 Å². The number of carbonyl (C=O) groups is 1. The average Bonchev–Trinajstić information content (AvgIpc) is 3.25. The second-order valence-corrected chi connectivity index (χ2v) is 7.21. The third-order valence-corrected chi connectivity index (χ3v) is 5.69. The Kier molecular flexibility index (Phi) is 3.72. The van der Waals surface area contributed by atoms with Crippen molar-refractivity contribution >= 4 is 33.7 Å². The maximum Gasteiger partial charge on any atom is 0.269 e. The van der Waals surface area contributed by atoms with Crippen molar-refractivity contribution in [3.05, 3.63) is 45.7 Å².